The van der Waals surface area contributed by atoms with E-state index in [4.69, 9.17) is 13.8 Å². The molecule has 0 bridgehead atoms. The first-order valence-electron chi connectivity index (χ1n) is 9.77. The van der Waals surface area contributed by atoms with Crippen LogP contribution in [0.25, 0.3) is 22.9 Å². The van der Waals surface area contributed by atoms with E-state index in [9.17, 15) is 4.79 Å². The van der Waals surface area contributed by atoms with Gasteiger partial charge in [-0.25, -0.2) is 4.98 Å². The summed E-state index contributed by atoms with van der Waals surface area (Å²) in [6, 6.07) is 13.4. The van der Waals surface area contributed by atoms with Gasteiger partial charge in [-0.15, -0.1) is 0 Å². The molecule has 0 radical (unpaired) electrons. The Morgan fingerprint density at radius 2 is 1.87 bits per heavy atom. The number of amides is 1. The fourth-order valence-electron chi connectivity index (χ4n) is 3.14. The predicted octanol–water partition coefficient (Wildman–Crippen LogP) is 6.06. The van der Waals surface area contributed by atoms with E-state index in [1.165, 1.54) is 11.8 Å². The van der Waals surface area contributed by atoms with Crippen molar-refractivity contribution in [1.29, 1.82) is 0 Å². The van der Waals surface area contributed by atoms with Crippen molar-refractivity contribution in [2.75, 3.05) is 5.32 Å². The van der Waals surface area contributed by atoms with Gasteiger partial charge in [-0.1, -0.05) is 30.8 Å². The van der Waals surface area contributed by atoms with Gasteiger partial charge in [0.05, 0.1) is 17.8 Å². The van der Waals surface area contributed by atoms with Crippen LogP contribution in [0.2, 0.25) is 0 Å². The molecule has 0 spiro atoms. The second-order valence-electron chi connectivity index (χ2n) is 7.04. The SMILES string of the molecule is CCC(Sc1nc(-c2ccco2)c(-c2ccco2)[nH]1)C(=O)Nc1cc(C)ccc1C. The van der Waals surface area contributed by atoms with E-state index in [0.717, 1.165) is 22.5 Å². The fraction of sp³-hybridized carbons (Fsp3) is 0.217. The molecule has 1 unspecified atom stereocenters. The first kappa shape index (κ1) is 20.1. The average molecular weight is 422 g/mol. The van der Waals surface area contributed by atoms with Crippen LogP contribution in [0.4, 0.5) is 5.69 Å². The summed E-state index contributed by atoms with van der Waals surface area (Å²) in [6.07, 6.45) is 3.88. The van der Waals surface area contributed by atoms with E-state index in [1.807, 2.05) is 63.2 Å². The van der Waals surface area contributed by atoms with Crippen molar-refractivity contribution in [3.8, 4) is 22.9 Å². The molecule has 1 amide bonds. The molecule has 154 valence electrons. The van der Waals surface area contributed by atoms with Gasteiger partial charge in [0.15, 0.2) is 16.7 Å². The number of anilines is 1. The van der Waals surface area contributed by atoms with Crippen molar-refractivity contribution >= 4 is 23.4 Å². The third-order valence-corrected chi connectivity index (χ3v) is 6.02. The number of hydrogen-bond donors (Lipinski definition) is 2. The monoisotopic (exact) mass is 421 g/mol. The van der Waals surface area contributed by atoms with E-state index in [-0.39, 0.29) is 11.2 Å². The summed E-state index contributed by atoms with van der Waals surface area (Å²) < 4.78 is 11.1. The number of nitrogens with zero attached hydrogens (tertiary/aromatic N) is 1. The number of thioether (sulfide) groups is 1. The summed E-state index contributed by atoms with van der Waals surface area (Å²) >= 11 is 1.39. The highest BCUT2D eigenvalue weighted by Gasteiger charge is 2.24. The summed E-state index contributed by atoms with van der Waals surface area (Å²) in [4.78, 5) is 20.9. The standard InChI is InChI=1S/C23H23N3O3S/c1-4-19(22(27)24-16-13-14(2)9-10-15(16)3)30-23-25-20(17-7-5-11-28-17)21(26-23)18-8-6-12-29-18/h5-13,19H,4H2,1-3H3,(H,24,27)(H,25,26). The molecule has 30 heavy (non-hydrogen) atoms. The van der Waals surface area contributed by atoms with Crippen LogP contribution >= 0.6 is 11.8 Å². The topological polar surface area (TPSA) is 84.1 Å². The van der Waals surface area contributed by atoms with Gasteiger partial charge in [0.1, 0.15) is 11.4 Å². The van der Waals surface area contributed by atoms with Crippen LogP contribution in [0.3, 0.4) is 0 Å². The van der Waals surface area contributed by atoms with Crippen LogP contribution in [-0.4, -0.2) is 21.1 Å². The molecular weight excluding hydrogens is 398 g/mol. The molecule has 0 saturated heterocycles. The lowest BCUT2D eigenvalue weighted by Crippen LogP contribution is -2.25. The summed E-state index contributed by atoms with van der Waals surface area (Å²) in [5, 5.41) is 3.39. The highest BCUT2D eigenvalue weighted by Crippen LogP contribution is 2.35. The van der Waals surface area contributed by atoms with Gasteiger partial charge >= 0.3 is 0 Å². The summed E-state index contributed by atoms with van der Waals surface area (Å²) in [7, 11) is 0. The normalized spacial score (nSPS) is 12.1. The molecule has 0 fully saturated rings. The Morgan fingerprint density at radius 1 is 1.13 bits per heavy atom. The summed E-state index contributed by atoms with van der Waals surface area (Å²) in [6.45, 7) is 5.99. The number of H-pyrrole nitrogens is 1. The molecule has 0 aliphatic rings. The number of rotatable bonds is 7. The molecule has 0 saturated carbocycles. The molecule has 3 aromatic heterocycles. The molecule has 3 heterocycles. The summed E-state index contributed by atoms with van der Waals surface area (Å²) in [5.74, 6) is 1.25. The van der Waals surface area contributed by atoms with Crippen molar-refractivity contribution < 1.29 is 13.6 Å². The first-order valence-corrected chi connectivity index (χ1v) is 10.7. The third kappa shape index (κ3) is 4.21. The number of nitrogens with one attached hydrogen (secondary N) is 2. The van der Waals surface area contributed by atoms with Crippen molar-refractivity contribution in [2.45, 2.75) is 37.6 Å². The van der Waals surface area contributed by atoms with E-state index in [1.54, 1.807) is 12.5 Å². The molecular formula is C23H23N3O3S. The Balaban J connectivity index is 1.58. The molecule has 0 aliphatic carbocycles. The Hall–Kier alpha value is -3.19. The van der Waals surface area contributed by atoms with E-state index in [2.05, 4.69) is 10.3 Å². The van der Waals surface area contributed by atoms with Crippen molar-refractivity contribution in [3.05, 3.63) is 66.1 Å². The van der Waals surface area contributed by atoms with Crippen LogP contribution in [0.15, 0.2) is 69.0 Å². The first-order chi connectivity index (χ1) is 14.5. The summed E-state index contributed by atoms with van der Waals surface area (Å²) in [5.41, 5.74) is 4.36. The average Bonchev–Trinajstić information content (AvgIpc) is 3.49. The molecule has 4 aromatic rings. The minimum Gasteiger partial charge on any atom is -0.463 e. The highest BCUT2D eigenvalue weighted by atomic mass is 32.2. The van der Waals surface area contributed by atoms with Crippen molar-refractivity contribution in [1.82, 2.24) is 9.97 Å². The van der Waals surface area contributed by atoms with Gasteiger partial charge in [0.2, 0.25) is 5.91 Å². The second-order valence-corrected chi connectivity index (χ2v) is 8.23. The van der Waals surface area contributed by atoms with E-state index >= 15 is 0 Å². The zero-order valence-corrected chi connectivity index (χ0v) is 17.9. The molecule has 2 N–H and O–H groups in total. The Morgan fingerprint density at radius 3 is 2.53 bits per heavy atom. The maximum Gasteiger partial charge on any atom is 0.237 e. The number of furan rings is 2. The predicted molar refractivity (Wildman–Crippen MR) is 118 cm³/mol. The lowest BCUT2D eigenvalue weighted by Gasteiger charge is -2.15. The second kappa shape index (κ2) is 8.67. The Labute approximate surface area is 179 Å². The molecule has 0 aliphatic heterocycles. The Bertz CT molecular complexity index is 1080. The lowest BCUT2D eigenvalue weighted by atomic mass is 10.1. The quantitative estimate of drug-likeness (QED) is 0.355. The van der Waals surface area contributed by atoms with Crippen LogP contribution in [0.5, 0.6) is 0 Å². The fourth-order valence-corrected chi connectivity index (χ4v) is 4.05. The number of hydrogen-bond acceptors (Lipinski definition) is 5. The van der Waals surface area contributed by atoms with Gasteiger partial charge in [0.25, 0.3) is 0 Å². The zero-order chi connectivity index (χ0) is 21.1. The van der Waals surface area contributed by atoms with Crippen molar-refractivity contribution in [3.63, 3.8) is 0 Å². The van der Waals surface area contributed by atoms with Crippen LogP contribution in [-0.2, 0) is 4.79 Å². The van der Waals surface area contributed by atoms with Crippen molar-refractivity contribution in [2.24, 2.45) is 0 Å². The maximum absolute atomic E-state index is 12.9. The number of aromatic nitrogens is 2. The highest BCUT2D eigenvalue weighted by molar-refractivity contribution is 8.00. The zero-order valence-electron chi connectivity index (χ0n) is 17.1. The van der Waals surface area contributed by atoms with Gasteiger partial charge in [0, 0.05) is 5.69 Å². The third-order valence-electron chi connectivity index (χ3n) is 4.77. The molecule has 1 aromatic carbocycles. The number of benzene rings is 1. The number of aromatic amines is 1. The largest absolute Gasteiger partial charge is 0.463 e. The number of aryl methyl sites for hydroxylation is 2. The number of carbonyl (C=O) groups is 1. The van der Waals surface area contributed by atoms with E-state index in [0.29, 0.717) is 28.8 Å². The van der Waals surface area contributed by atoms with Gasteiger partial charge in [-0.2, -0.15) is 0 Å². The van der Waals surface area contributed by atoms with Crippen LogP contribution < -0.4 is 5.32 Å². The van der Waals surface area contributed by atoms with Crippen LogP contribution in [0, 0.1) is 13.8 Å². The number of carbonyl (C=O) groups excluding carboxylic acids is 1. The van der Waals surface area contributed by atoms with Gasteiger partial charge in [-0.3, -0.25) is 4.79 Å². The minimum absolute atomic E-state index is 0.0494. The lowest BCUT2D eigenvalue weighted by molar-refractivity contribution is -0.115. The smallest absolute Gasteiger partial charge is 0.237 e. The number of imidazole rings is 1. The van der Waals surface area contributed by atoms with Crippen LogP contribution in [0.1, 0.15) is 24.5 Å². The Kier molecular flexibility index (Phi) is 5.81. The van der Waals surface area contributed by atoms with Gasteiger partial charge < -0.3 is 19.1 Å². The maximum atomic E-state index is 12.9. The molecule has 1 atom stereocenters. The minimum atomic E-state index is -0.301. The molecule has 4 rings (SSSR count). The van der Waals surface area contributed by atoms with Gasteiger partial charge in [-0.05, 0) is 61.7 Å². The molecule has 6 nitrogen and oxygen atoms in total. The molecule has 7 heteroatoms. The van der Waals surface area contributed by atoms with E-state index < -0.39 is 0 Å².